The van der Waals surface area contributed by atoms with Gasteiger partial charge in [-0.1, -0.05) is 20.3 Å². The lowest BCUT2D eigenvalue weighted by Crippen LogP contribution is -2.35. The van der Waals surface area contributed by atoms with Crippen molar-refractivity contribution in [1.29, 1.82) is 0 Å². The highest BCUT2D eigenvalue weighted by molar-refractivity contribution is 5.86. The first kappa shape index (κ1) is 14.2. The van der Waals surface area contributed by atoms with E-state index in [-0.39, 0.29) is 11.5 Å². The van der Waals surface area contributed by atoms with Crippen LogP contribution < -0.4 is 11.0 Å². The third-order valence-corrected chi connectivity index (χ3v) is 3.07. The van der Waals surface area contributed by atoms with Gasteiger partial charge in [0.05, 0.1) is 0 Å². The van der Waals surface area contributed by atoms with E-state index >= 15 is 0 Å². The number of aryl methyl sites for hydroxylation is 1. The molecule has 0 aliphatic carbocycles. The van der Waals surface area contributed by atoms with Gasteiger partial charge in [-0.15, -0.1) is 0 Å². The van der Waals surface area contributed by atoms with Crippen LogP contribution in [0.1, 0.15) is 38.7 Å². The molecule has 0 aliphatic rings. The molecular weight excluding hydrogens is 254 g/mol. The van der Waals surface area contributed by atoms with Crippen molar-refractivity contribution in [3.63, 3.8) is 0 Å². The second kappa shape index (κ2) is 6.32. The van der Waals surface area contributed by atoms with Gasteiger partial charge >= 0.3 is 0 Å². The van der Waals surface area contributed by atoms with Crippen LogP contribution in [0.15, 0.2) is 29.2 Å². The summed E-state index contributed by atoms with van der Waals surface area (Å²) >= 11 is 0. The zero-order valence-corrected chi connectivity index (χ0v) is 11.8. The largest absolute Gasteiger partial charge is 0.274 e. The molecule has 1 N–H and O–H groups in total. The summed E-state index contributed by atoms with van der Waals surface area (Å²) in [4.78, 5) is 28.4. The first-order valence-electron chi connectivity index (χ1n) is 6.96. The third kappa shape index (κ3) is 2.87. The fourth-order valence-electron chi connectivity index (χ4n) is 2.16. The summed E-state index contributed by atoms with van der Waals surface area (Å²) in [5, 5.41) is 0.854. The van der Waals surface area contributed by atoms with Crippen LogP contribution in [0.2, 0.25) is 0 Å². The maximum Gasteiger partial charge on any atom is 0.274 e. The number of nitrogens with zero attached hydrogens (tertiary/aromatic N) is 2. The Morgan fingerprint density at radius 3 is 2.85 bits per heavy atom. The van der Waals surface area contributed by atoms with Gasteiger partial charge in [0.2, 0.25) is 5.91 Å². The average Bonchev–Trinajstić information content (AvgIpc) is 2.44. The van der Waals surface area contributed by atoms with E-state index in [0.29, 0.717) is 24.1 Å². The fraction of sp³-hybridized carbons (Fsp3) is 0.400. The number of carbonyl (C=O) groups is 1. The van der Waals surface area contributed by atoms with Crippen LogP contribution in [0, 0.1) is 0 Å². The molecule has 0 radical (unpaired) electrons. The minimum atomic E-state index is -0.192. The van der Waals surface area contributed by atoms with Gasteiger partial charge in [-0.05, 0) is 31.0 Å². The van der Waals surface area contributed by atoms with Gasteiger partial charge in [-0.3, -0.25) is 15.0 Å². The Kier molecular flexibility index (Phi) is 4.50. The van der Waals surface area contributed by atoms with E-state index in [2.05, 4.69) is 10.4 Å². The number of hydrogen-bond donors (Lipinski definition) is 1. The van der Waals surface area contributed by atoms with Gasteiger partial charge in [-0.25, -0.2) is 4.98 Å². The molecule has 0 bridgehead atoms. The maximum atomic E-state index is 12.4. The first-order valence-corrected chi connectivity index (χ1v) is 6.96. The Balaban J connectivity index is 2.56. The Bertz CT molecular complexity index is 676. The standard InChI is InChI=1S/C15H19N3O2/c1-3-6-12-10-11-8-5-9-16-14(11)18(15(12)20)17-13(19)7-4-2/h5,8-10H,3-4,6-7H2,1-2H3,(H,17,19). The van der Waals surface area contributed by atoms with E-state index in [1.807, 2.05) is 32.0 Å². The zero-order chi connectivity index (χ0) is 14.5. The van der Waals surface area contributed by atoms with Crippen molar-refractivity contribution in [1.82, 2.24) is 9.66 Å². The van der Waals surface area contributed by atoms with E-state index < -0.39 is 0 Å². The summed E-state index contributed by atoms with van der Waals surface area (Å²) in [6, 6.07) is 5.57. The van der Waals surface area contributed by atoms with E-state index in [0.717, 1.165) is 18.2 Å². The van der Waals surface area contributed by atoms with Crippen LogP contribution in [0.25, 0.3) is 11.0 Å². The molecule has 0 aromatic carbocycles. The van der Waals surface area contributed by atoms with Crippen LogP contribution in [0.5, 0.6) is 0 Å². The molecule has 5 heteroatoms. The summed E-state index contributed by atoms with van der Waals surface area (Å²) in [5.74, 6) is -0.171. The van der Waals surface area contributed by atoms with E-state index in [4.69, 9.17) is 0 Å². The third-order valence-electron chi connectivity index (χ3n) is 3.07. The molecule has 0 fully saturated rings. The van der Waals surface area contributed by atoms with Gasteiger partial charge in [-0.2, -0.15) is 4.68 Å². The number of pyridine rings is 2. The van der Waals surface area contributed by atoms with E-state index in [1.165, 1.54) is 4.68 Å². The van der Waals surface area contributed by atoms with E-state index in [1.54, 1.807) is 6.20 Å². The Morgan fingerprint density at radius 2 is 2.15 bits per heavy atom. The van der Waals surface area contributed by atoms with Crippen LogP contribution in [0.3, 0.4) is 0 Å². The normalized spacial score (nSPS) is 10.7. The summed E-state index contributed by atoms with van der Waals surface area (Å²) in [6.45, 7) is 3.94. The monoisotopic (exact) mass is 273 g/mol. The lowest BCUT2D eigenvalue weighted by atomic mass is 10.1. The van der Waals surface area contributed by atoms with Gasteiger partial charge in [0.25, 0.3) is 5.56 Å². The molecule has 0 saturated carbocycles. The van der Waals surface area contributed by atoms with Gasteiger partial charge in [0.1, 0.15) is 0 Å². The molecule has 2 aromatic rings. The zero-order valence-electron chi connectivity index (χ0n) is 11.8. The summed E-state index contributed by atoms with van der Waals surface area (Å²) in [7, 11) is 0. The highest BCUT2D eigenvalue weighted by atomic mass is 16.2. The first-order chi connectivity index (χ1) is 9.67. The molecule has 2 heterocycles. The highest BCUT2D eigenvalue weighted by Gasteiger charge is 2.11. The number of rotatable bonds is 5. The number of carbonyl (C=O) groups excluding carboxylic acids is 1. The molecule has 0 atom stereocenters. The number of aromatic nitrogens is 2. The molecule has 20 heavy (non-hydrogen) atoms. The predicted molar refractivity (Wildman–Crippen MR) is 79.3 cm³/mol. The number of hydrogen-bond acceptors (Lipinski definition) is 3. The van der Waals surface area contributed by atoms with E-state index in [9.17, 15) is 9.59 Å². The predicted octanol–water partition coefficient (Wildman–Crippen LogP) is 2.22. The van der Waals surface area contributed by atoms with Gasteiger partial charge < -0.3 is 0 Å². The Morgan fingerprint density at radius 1 is 1.35 bits per heavy atom. The molecule has 2 rings (SSSR count). The highest BCUT2D eigenvalue weighted by Crippen LogP contribution is 2.11. The smallest absolute Gasteiger partial charge is 0.273 e. The van der Waals surface area contributed by atoms with Crippen LogP contribution in [0.4, 0.5) is 0 Å². The summed E-state index contributed by atoms with van der Waals surface area (Å²) in [6.07, 6.45) is 4.31. The summed E-state index contributed by atoms with van der Waals surface area (Å²) < 4.78 is 1.28. The van der Waals surface area contributed by atoms with Gasteiger partial charge in [0, 0.05) is 23.6 Å². The second-order valence-electron chi connectivity index (χ2n) is 4.76. The Hall–Kier alpha value is -2.17. The second-order valence-corrected chi connectivity index (χ2v) is 4.76. The topological polar surface area (TPSA) is 64.0 Å². The number of amides is 1. The molecule has 0 aliphatic heterocycles. The molecule has 0 saturated heterocycles. The molecule has 0 unspecified atom stereocenters. The minimum absolute atomic E-state index is 0.171. The molecule has 2 aromatic heterocycles. The number of nitrogens with one attached hydrogen (secondary N) is 1. The quantitative estimate of drug-likeness (QED) is 0.908. The molecule has 5 nitrogen and oxygen atoms in total. The van der Waals surface area contributed by atoms with Crippen molar-refractivity contribution in [2.24, 2.45) is 0 Å². The molecular formula is C15H19N3O2. The van der Waals surface area contributed by atoms with Crippen LogP contribution in [-0.4, -0.2) is 15.6 Å². The Labute approximate surface area is 117 Å². The maximum absolute atomic E-state index is 12.4. The van der Waals surface area contributed by atoms with Crippen LogP contribution in [-0.2, 0) is 11.2 Å². The van der Waals surface area contributed by atoms with Crippen molar-refractivity contribution in [3.8, 4) is 0 Å². The lowest BCUT2D eigenvalue weighted by Gasteiger charge is -2.12. The molecule has 0 spiro atoms. The minimum Gasteiger partial charge on any atom is -0.273 e. The average molecular weight is 273 g/mol. The van der Waals surface area contributed by atoms with Crippen molar-refractivity contribution < 1.29 is 4.79 Å². The fourth-order valence-corrected chi connectivity index (χ4v) is 2.16. The summed E-state index contributed by atoms with van der Waals surface area (Å²) in [5.41, 5.74) is 3.65. The van der Waals surface area contributed by atoms with Crippen molar-refractivity contribution in [3.05, 3.63) is 40.3 Å². The SMILES string of the molecule is CCCC(=O)Nn1c(=O)c(CCC)cc2cccnc21. The number of fused-ring (bicyclic) bond motifs is 1. The molecule has 106 valence electrons. The lowest BCUT2D eigenvalue weighted by molar-refractivity contribution is -0.117. The van der Waals surface area contributed by atoms with Crippen molar-refractivity contribution in [2.45, 2.75) is 39.5 Å². The van der Waals surface area contributed by atoms with Crippen molar-refractivity contribution in [2.75, 3.05) is 5.43 Å². The van der Waals surface area contributed by atoms with Crippen molar-refractivity contribution >= 4 is 16.9 Å². The van der Waals surface area contributed by atoms with Gasteiger partial charge in [0.15, 0.2) is 5.65 Å². The van der Waals surface area contributed by atoms with Crippen LogP contribution >= 0.6 is 0 Å². The molecule has 1 amide bonds.